The average molecular weight is 342 g/mol. The van der Waals surface area contributed by atoms with Crippen molar-refractivity contribution in [2.75, 3.05) is 6.54 Å². The van der Waals surface area contributed by atoms with Gasteiger partial charge in [-0.25, -0.2) is 4.68 Å². The van der Waals surface area contributed by atoms with Crippen molar-refractivity contribution in [3.8, 4) is 11.3 Å². The second kappa shape index (κ2) is 6.17. The number of rotatable bonds is 4. The molecule has 1 unspecified atom stereocenters. The Morgan fingerprint density at radius 1 is 1.44 bits per heavy atom. The maximum Gasteiger partial charge on any atom is 0.287 e. The van der Waals surface area contributed by atoms with Crippen LogP contribution >= 0.6 is 0 Å². The number of amides is 1. The number of fused-ring (bicyclic) bond motifs is 1. The zero-order chi connectivity index (χ0) is 17.4. The van der Waals surface area contributed by atoms with E-state index in [1.807, 2.05) is 17.9 Å². The Hall–Kier alpha value is -2.94. The first kappa shape index (κ1) is 15.6. The van der Waals surface area contributed by atoms with Crippen LogP contribution in [-0.2, 0) is 24.9 Å². The number of nitrogens with zero attached hydrogens (tertiary/aromatic N) is 5. The fraction of sp³-hybridized carbons (Fsp3) is 0.375. The fourth-order valence-electron chi connectivity index (χ4n) is 2.81. The third-order valence-electron chi connectivity index (χ3n) is 4.10. The number of carbonyl (C=O) groups is 1. The van der Waals surface area contributed by atoms with Gasteiger partial charge < -0.3 is 14.5 Å². The highest BCUT2D eigenvalue weighted by Crippen LogP contribution is 2.24. The summed E-state index contributed by atoms with van der Waals surface area (Å²) in [6.07, 6.45) is 3.47. The molecule has 25 heavy (non-hydrogen) atoms. The molecular weight excluding hydrogens is 324 g/mol. The Bertz CT molecular complexity index is 909. The van der Waals surface area contributed by atoms with E-state index in [4.69, 9.17) is 9.15 Å². The molecule has 1 N–H and O–H groups in total. The molecule has 0 saturated heterocycles. The molecule has 0 radical (unpaired) electrons. The normalized spacial score (nSPS) is 16.6. The third-order valence-corrected chi connectivity index (χ3v) is 4.10. The van der Waals surface area contributed by atoms with E-state index < -0.39 is 0 Å². The summed E-state index contributed by atoms with van der Waals surface area (Å²) in [7, 11) is 1.86. The van der Waals surface area contributed by atoms with Crippen molar-refractivity contribution >= 4 is 5.91 Å². The van der Waals surface area contributed by atoms with Gasteiger partial charge in [-0.05, 0) is 19.1 Å². The number of ether oxygens (including phenoxy) is 1. The zero-order valence-electron chi connectivity index (χ0n) is 14.0. The van der Waals surface area contributed by atoms with E-state index in [1.165, 1.54) is 0 Å². The Labute approximate surface area is 143 Å². The first-order valence-electron chi connectivity index (χ1n) is 7.98. The van der Waals surface area contributed by atoms with Crippen molar-refractivity contribution in [2.24, 2.45) is 7.05 Å². The maximum absolute atomic E-state index is 12.0. The molecule has 4 rings (SSSR count). The second-order valence-electron chi connectivity index (χ2n) is 6.02. The smallest absolute Gasteiger partial charge is 0.287 e. The van der Waals surface area contributed by atoms with Gasteiger partial charge in [0.25, 0.3) is 5.91 Å². The monoisotopic (exact) mass is 342 g/mol. The summed E-state index contributed by atoms with van der Waals surface area (Å²) in [4.78, 5) is 12.0. The molecule has 3 aromatic heterocycles. The molecule has 0 bridgehead atoms. The lowest BCUT2D eigenvalue weighted by molar-refractivity contribution is 0.00162. The van der Waals surface area contributed by atoms with Crippen molar-refractivity contribution in [3.05, 3.63) is 41.7 Å². The van der Waals surface area contributed by atoms with E-state index in [0.717, 1.165) is 17.0 Å². The quantitative estimate of drug-likeness (QED) is 0.756. The second-order valence-corrected chi connectivity index (χ2v) is 6.02. The molecule has 1 aliphatic rings. The summed E-state index contributed by atoms with van der Waals surface area (Å²) in [6.45, 7) is 3.09. The Morgan fingerprint density at radius 2 is 2.32 bits per heavy atom. The van der Waals surface area contributed by atoms with Gasteiger partial charge in [0, 0.05) is 25.4 Å². The van der Waals surface area contributed by atoms with Gasteiger partial charge in [0.1, 0.15) is 11.5 Å². The van der Waals surface area contributed by atoms with Crippen molar-refractivity contribution in [1.82, 2.24) is 30.1 Å². The van der Waals surface area contributed by atoms with Gasteiger partial charge in [-0.2, -0.15) is 5.10 Å². The van der Waals surface area contributed by atoms with Gasteiger partial charge in [0.15, 0.2) is 5.76 Å². The van der Waals surface area contributed by atoms with E-state index in [2.05, 4.69) is 20.7 Å². The van der Waals surface area contributed by atoms with Gasteiger partial charge in [-0.1, -0.05) is 5.21 Å². The summed E-state index contributed by atoms with van der Waals surface area (Å²) in [5.41, 5.74) is 2.60. The Morgan fingerprint density at radius 3 is 3.04 bits per heavy atom. The number of hydrogen-bond acceptors (Lipinski definition) is 6. The van der Waals surface area contributed by atoms with Gasteiger partial charge in [-0.15, -0.1) is 5.10 Å². The van der Waals surface area contributed by atoms with Crippen LogP contribution in [0.5, 0.6) is 0 Å². The number of hydrogen-bond donors (Lipinski definition) is 1. The number of aromatic nitrogens is 5. The van der Waals surface area contributed by atoms with E-state index in [9.17, 15) is 4.79 Å². The zero-order valence-corrected chi connectivity index (χ0v) is 14.0. The standard InChI is InChI=1S/C16H18N6O3/c1-10-3-4-14(25-10)16(23)17-6-12-8-22-13(9-24-12)15(19-20-22)11-5-18-21(2)7-11/h3-5,7,12H,6,8-9H2,1-2H3,(H,17,23). The number of aryl methyl sites for hydroxylation is 2. The van der Waals surface area contributed by atoms with Crippen LogP contribution in [0.3, 0.4) is 0 Å². The van der Waals surface area contributed by atoms with Crippen LogP contribution in [0.25, 0.3) is 11.3 Å². The largest absolute Gasteiger partial charge is 0.456 e. The molecule has 1 amide bonds. The molecule has 4 heterocycles. The number of carbonyl (C=O) groups excluding carboxylic acids is 1. The minimum Gasteiger partial charge on any atom is -0.456 e. The van der Waals surface area contributed by atoms with E-state index in [0.29, 0.717) is 31.2 Å². The molecular formula is C16H18N6O3. The van der Waals surface area contributed by atoms with Crippen molar-refractivity contribution in [3.63, 3.8) is 0 Å². The highest BCUT2D eigenvalue weighted by atomic mass is 16.5. The molecule has 1 atom stereocenters. The van der Waals surface area contributed by atoms with Crippen LogP contribution in [0.15, 0.2) is 28.9 Å². The molecule has 1 aliphatic heterocycles. The van der Waals surface area contributed by atoms with E-state index in [1.54, 1.807) is 29.9 Å². The highest BCUT2D eigenvalue weighted by Gasteiger charge is 2.25. The minimum absolute atomic E-state index is 0.170. The van der Waals surface area contributed by atoms with Gasteiger partial charge >= 0.3 is 0 Å². The fourth-order valence-corrected chi connectivity index (χ4v) is 2.81. The predicted molar refractivity (Wildman–Crippen MR) is 86.6 cm³/mol. The molecule has 0 aromatic carbocycles. The SMILES string of the molecule is Cc1ccc(C(=O)NCC2Cn3nnc(-c4cnn(C)c4)c3CO2)o1. The van der Waals surface area contributed by atoms with Gasteiger partial charge in [0.2, 0.25) is 0 Å². The van der Waals surface area contributed by atoms with Crippen molar-refractivity contribution in [1.29, 1.82) is 0 Å². The van der Waals surface area contributed by atoms with Gasteiger partial charge in [-0.3, -0.25) is 9.48 Å². The van der Waals surface area contributed by atoms with Crippen LogP contribution in [-0.4, -0.2) is 43.3 Å². The molecule has 9 nitrogen and oxygen atoms in total. The number of furan rings is 1. The van der Waals surface area contributed by atoms with Crippen LogP contribution in [0.1, 0.15) is 22.0 Å². The van der Waals surface area contributed by atoms with Crippen LogP contribution in [0.2, 0.25) is 0 Å². The highest BCUT2D eigenvalue weighted by molar-refractivity contribution is 5.91. The molecule has 130 valence electrons. The Kier molecular flexibility index (Phi) is 3.85. The van der Waals surface area contributed by atoms with Crippen molar-refractivity contribution in [2.45, 2.75) is 26.2 Å². The summed E-state index contributed by atoms with van der Waals surface area (Å²) in [5.74, 6) is 0.750. The lowest BCUT2D eigenvalue weighted by Crippen LogP contribution is -2.39. The summed E-state index contributed by atoms with van der Waals surface area (Å²) in [6, 6.07) is 3.41. The molecule has 3 aromatic rings. The summed E-state index contributed by atoms with van der Waals surface area (Å²) in [5, 5.41) is 15.4. The lowest BCUT2D eigenvalue weighted by atomic mass is 10.2. The molecule has 0 aliphatic carbocycles. The summed E-state index contributed by atoms with van der Waals surface area (Å²) < 4.78 is 14.7. The first-order valence-corrected chi connectivity index (χ1v) is 7.98. The van der Waals surface area contributed by atoms with Crippen LogP contribution < -0.4 is 5.32 Å². The number of nitrogens with one attached hydrogen (secondary N) is 1. The maximum atomic E-state index is 12.0. The average Bonchev–Trinajstić information content (AvgIpc) is 3.31. The van der Waals surface area contributed by atoms with Crippen LogP contribution in [0.4, 0.5) is 0 Å². The molecule has 0 saturated carbocycles. The first-order chi connectivity index (χ1) is 12.1. The lowest BCUT2D eigenvalue weighted by Gasteiger charge is -2.24. The topological polar surface area (TPSA) is 100 Å². The molecule has 0 fully saturated rings. The van der Waals surface area contributed by atoms with Crippen molar-refractivity contribution < 1.29 is 13.9 Å². The van der Waals surface area contributed by atoms with Crippen LogP contribution in [0, 0.1) is 6.92 Å². The van der Waals surface area contributed by atoms with E-state index >= 15 is 0 Å². The predicted octanol–water partition coefficient (Wildman–Crippen LogP) is 0.909. The minimum atomic E-state index is -0.253. The molecule has 0 spiro atoms. The molecule has 9 heteroatoms. The Balaban J connectivity index is 1.40. The van der Waals surface area contributed by atoms with E-state index in [-0.39, 0.29) is 12.0 Å². The van der Waals surface area contributed by atoms with Gasteiger partial charge in [0.05, 0.1) is 31.1 Å². The third kappa shape index (κ3) is 3.05. The summed E-state index contributed by atoms with van der Waals surface area (Å²) >= 11 is 0.